The summed E-state index contributed by atoms with van der Waals surface area (Å²) in [5.41, 5.74) is 0.569. The lowest BCUT2D eigenvalue weighted by Crippen LogP contribution is -2.64. The number of ether oxygens (including phenoxy) is 1. The number of aliphatic carboxylic acids is 1. The molecular weight excluding hydrogens is 490 g/mol. The summed E-state index contributed by atoms with van der Waals surface area (Å²) in [4.78, 5) is 85.4. The molecule has 0 bridgehead atoms. The summed E-state index contributed by atoms with van der Waals surface area (Å²) >= 11 is 0. The fraction of sp³-hybridized carbons (Fsp3) is 0.435. The largest absolute Gasteiger partial charge is 0.481 e. The molecule has 198 valence electrons. The summed E-state index contributed by atoms with van der Waals surface area (Å²) in [5, 5.41) is 18.5. The molecule has 0 aromatic heterocycles. The second-order valence-corrected chi connectivity index (χ2v) is 8.47. The van der Waals surface area contributed by atoms with Crippen molar-refractivity contribution in [3.05, 3.63) is 29.8 Å². The zero-order valence-electron chi connectivity index (χ0n) is 20.0. The molecule has 14 nitrogen and oxygen atoms in total. The summed E-state index contributed by atoms with van der Waals surface area (Å²) in [6.45, 7) is 0.190. The van der Waals surface area contributed by atoms with Crippen molar-refractivity contribution in [3.8, 4) is 0 Å². The predicted octanol–water partition coefficient (Wildman–Crippen LogP) is -0.350. The van der Waals surface area contributed by atoms with Gasteiger partial charge in [0.1, 0.15) is 18.4 Å². The number of carbonyl (C=O) groups is 7. The maximum atomic E-state index is 13.5. The van der Waals surface area contributed by atoms with Gasteiger partial charge in [-0.25, -0.2) is 9.80 Å². The molecule has 0 unspecified atom stereocenters. The first-order valence-electron chi connectivity index (χ1n) is 11.5. The van der Waals surface area contributed by atoms with Crippen LogP contribution in [0.15, 0.2) is 24.3 Å². The fourth-order valence-corrected chi connectivity index (χ4v) is 4.12. The predicted molar refractivity (Wildman–Crippen MR) is 125 cm³/mol. The van der Waals surface area contributed by atoms with Crippen LogP contribution in [0.2, 0.25) is 0 Å². The summed E-state index contributed by atoms with van der Waals surface area (Å²) in [6.07, 6.45) is -0.501. The number of nitrogens with zero attached hydrogens (tertiary/aromatic N) is 2. The molecule has 2 aliphatic rings. The Morgan fingerprint density at radius 3 is 2.49 bits per heavy atom. The second-order valence-electron chi connectivity index (χ2n) is 8.47. The molecule has 3 atom stereocenters. The number of nitrogens with one attached hydrogen (secondary N) is 3. The topological polar surface area (TPSA) is 192 Å². The first-order valence-corrected chi connectivity index (χ1v) is 11.5. The molecule has 2 saturated heterocycles. The SMILES string of the molecule is COC(=O)Nc1ccc(C(=O)N[C@H]2CCC(=O)N3CCC[C@@H](C(=O)N[C@H](C=O)CC(=O)O)N3C2=O)cc1. The Bertz CT molecular complexity index is 1090. The first-order chi connectivity index (χ1) is 17.6. The molecule has 1 aromatic carbocycles. The molecule has 0 saturated carbocycles. The van der Waals surface area contributed by atoms with E-state index in [0.717, 1.165) is 5.01 Å². The minimum absolute atomic E-state index is 0.00268. The van der Waals surface area contributed by atoms with Gasteiger partial charge in [-0.2, -0.15) is 0 Å². The van der Waals surface area contributed by atoms with E-state index in [0.29, 0.717) is 12.1 Å². The summed E-state index contributed by atoms with van der Waals surface area (Å²) < 4.78 is 4.50. The van der Waals surface area contributed by atoms with E-state index in [2.05, 4.69) is 20.7 Å². The van der Waals surface area contributed by atoms with Crippen molar-refractivity contribution in [3.63, 3.8) is 0 Å². The van der Waals surface area contributed by atoms with E-state index in [1.54, 1.807) is 0 Å². The number of amides is 5. The maximum absolute atomic E-state index is 13.5. The summed E-state index contributed by atoms with van der Waals surface area (Å²) in [7, 11) is 1.21. The van der Waals surface area contributed by atoms with E-state index in [4.69, 9.17) is 5.11 Å². The normalized spacial score (nSPS) is 20.1. The monoisotopic (exact) mass is 517 g/mol. The smallest absolute Gasteiger partial charge is 0.411 e. The third kappa shape index (κ3) is 6.59. The molecule has 1 aromatic rings. The van der Waals surface area contributed by atoms with E-state index in [-0.39, 0.29) is 37.7 Å². The Labute approximate surface area is 211 Å². The first kappa shape index (κ1) is 27.1. The van der Waals surface area contributed by atoms with Crippen molar-refractivity contribution in [2.75, 3.05) is 19.0 Å². The molecule has 2 fully saturated rings. The van der Waals surface area contributed by atoms with Gasteiger partial charge in [0.05, 0.1) is 19.6 Å². The van der Waals surface area contributed by atoms with Gasteiger partial charge in [-0.05, 0) is 43.5 Å². The highest BCUT2D eigenvalue weighted by Crippen LogP contribution is 2.25. The highest BCUT2D eigenvalue weighted by atomic mass is 16.5. The van der Waals surface area contributed by atoms with Crippen LogP contribution in [-0.2, 0) is 28.7 Å². The number of carboxylic acids is 1. The quantitative estimate of drug-likeness (QED) is 0.334. The Morgan fingerprint density at radius 2 is 1.86 bits per heavy atom. The van der Waals surface area contributed by atoms with Gasteiger partial charge in [-0.1, -0.05) is 0 Å². The van der Waals surface area contributed by atoms with E-state index in [9.17, 15) is 33.6 Å². The Balaban J connectivity index is 1.76. The minimum atomic E-state index is -1.30. The number of hydrogen-bond acceptors (Lipinski definition) is 8. The van der Waals surface area contributed by atoms with Crippen LogP contribution in [-0.4, -0.2) is 88.9 Å². The molecule has 4 N–H and O–H groups in total. The molecular formula is C23H27N5O9. The molecule has 0 aliphatic carbocycles. The molecule has 2 heterocycles. The summed E-state index contributed by atoms with van der Waals surface area (Å²) in [6, 6.07) is 2.21. The number of aldehydes is 1. The van der Waals surface area contributed by atoms with Crippen molar-refractivity contribution in [2.45, 2.75) is 50.2 Å². The van der Waals surface area contributed by atoms with Crippen LogP contribution >= 0.6 is 0 Å². The number of anilines is 1. The molecule has 0 spiro atoms. The van der Waals surface area contributed by atoms with Crippen molar-refractivity contribution in [1.29, 1.82) is 0 Å². The van der Waals surface area contributed by atoms with Crippen molar-refractivity contribution >= 4 is 47.7 Å². The highest BCUT2D eigenvalue weighted by Gasteiger charge is 2.44. The van der Waals surface area contributed by atoms with Crippen LogP contribution in [0.25, 0.3) is 0 Å². The number of carboxylic acid groups (broad SMARTS) is 1. The van der Waals surface area contributed by atoms with Crippen LogP contribution in [0.1, 0.15) is 42.5 Å². The second kappa shape index (κ2) is 12.0. The van der Waals surface area contributed by atoms with Crippen LogP contribution < -0.4 is 16.0 Å². The Kier molecular flexibility index (Phi) is 8.77. The highest BCUT2D eigenvalue weighted by molar-refractivity contribution is 6.00. The van der Waals surface area contributed by atoms with Crippen molar-refractivity contribution < 1.29 is 43.4 Å². The number of hydrogen-bond donors (Lipinski definition) is 4. The average Bonchev–Trinajstić information content (AvgIpc) is 3.00. The molecule has 37 heavy (non-hydrogen) atoms. The van der Waals surface area contributed by atoms with Gasteiger partial charge in [-0.15, -0.1) is 0 Å². The van der Waals surface area contributed by atoms with Gasteiger partial charge in [0.2, 0.25) is 11.8 Å². The van der Waals surface area contributed by atoms with E-state index in [1.807, 2.05) is 0 Å². The standard InChI is InChI=1S/C23H27N5O9/c1-37-23(36)25-14-6-4-13(5-7-14)20(33)26-16-8-9-18(30)27-10-2-3-17(28(27)22(16)35)21(34)24-15(12-29)11-19(31)32/h4-7,12,15-17H,2-3,8-11H2,1H3,(H,24,34)(H,25,36)(H,26,33)(H,31,32)/t15-,16-,17-/m0/s1. The van der Waals surface area contributed by atoms with E-state index < -0.39 is 60.2 Å². The van der Waals surface area contributed by atoms with E-state index in [1.165, 1.54) is 36.4 Å². The maximum Gasteiger partial charge on any atom is 0.411 e. The van der Waals surface area contributed by atoms with Gasteiger partial charge in [0.15, 0.2) is 0 Å². The zero-order chi connectivity index (χ0) is 27.1. The lowest BCUT2D eigenvalue weighted by molar-refractivity contribution is -0.176. The molecule has 14 heteroatoms. The third-order valence-corrected chi connectivity index (χ3v) is 5.93. The molecule has 2 aliphatic heterocycles. The van der Waals surface area contributed by atoms with E-state index >= 15 is 0 Å². The average molecular weight is 517 g/mol. The summed E-state index contributed by atoms with van der Waals surface area (Å²) in [5.74, 6) is -3.75. The third-order valence-electron chi connectivity index (χ3n) is 5.93. The number of carbonyl (C=O) groups excluding carboxylic acids is 6. The van der Waals surface area contributed by atoms with Gasteiger partial charge < -0.3 is 25.3 Å². The van der Waals surface area contributed by atoms with Gasteiger partial charge in [-0.3, -0.25) is 34.3 Å². The number of rotatable bonds is 8. The van der Waals surface area contributed by atoms with Gasteiger partial charge in [0, 0.05) is 24.2 Å². The molecule has 5 amide bonds. The number of methoxy groups -OCH3 is 1. The lowest BCUT2D eigenvalue weighted by Gasteiger charge is -2.43. The fourth-order valence-electron chi connectivity index (χ4n) is 4.12. The Morgan fingerprint density at radius 1 is 1.16 bits per heavy atom. The number of benzene rings is 1. The minimum Gasteiger partial charge on any atom is -0.481 e. The zero-order valence-corrected chi connectivity index (χ0v) is 20.0. The van der Waals surface area contributed by atoms with Gasteiger partial charge >= 0.3 is 12.1 Å². The van der Waals surface area contributed by atoms with Crippen LogP contribution in [0.5, 0.6) is 0 Å². The van der Waals surface area contributed by atoms with Crippen LogP contribution in [0.4, 0.5) is 10.5 Å². The molecule has 0 radical (unpaired) electrons. The molecule has 3 rings (SSSR count). The van der Waals surface area contributed by atoms with Gasteiger partial charge in [0.25, 0.3) is 11.8 Å². The number of fused-ring (bicyclic) bond motifs is 1. The lowest BCUT2D eigenvalue weighted by atomic mass is 10.0. The number of hydrazine groups is 1. The van der Waals surface area contributed by atoms with Crippen LogP contribution in [0, 0.1) is 0 Å². The Hall–Kier alpha value is -4.49. The van der Waals surface area contributed by atoms with Crippen LogP contribution in [0.3, 0.4) is 0 Å². The van der Waals surface area contributed by atoms with Crippen molar-refractivity contribution in [2.24, 2.45) is 0 Å². The van der Waals surface area contributed by atoms with Crippen molar-refractivity contribution in [1.82, 2.24) is 20.7 Å².